The summed E-state index contributed by atoms with van der Waals surface area (Å²) in [6, 6.07) is 0. The second-order valence-electron chi connectivity index (χ2n) is 3.10. The third kappa shape index (κ3) is 8.71. The topological polar surface area (TPSA) is 0 Å². The first kappa shape index (κ1) is 10.7. The van der Waals surface area contributed by atoms with E-state index in [0.717, 1.165) is 4.22 Å². The van der Waals surface area contributed by atoms with Crippen molar-refractivity contribution in [3.05, 3.63) is 0 Å². The van der Waals surface area contributed by atoms with E-state index in [1.165, 1.54) is 38.5 Å². The van der Waals surface area contributed by atoms with E-state index in [1.807, 2.05) is 0 Å². The molecule has 0 heterocycles. The van der Waals surface area contributed by atoms with E-state index in [9.17, 15) is 0 Å². The van der Waals surface area contributed by atoms with Gasteiger partial charge in [0.05, 0.1) is 0 Å². The number of hydrogen-bond donors (Lipinski definition) is 0. The Morgan fingerprint density at radius 3 is 2.20 bits per heavy atom. The molecule has 0 N–H and O–H groups in total. The van der Waals surface area contributed by atoms with E-state index >= 15 is 0 Å². The predicted octanol–water partition coefficient (Wildman–Crippen LogP) is 3.70. The van der Waals surface area contributed by atoms with Crippen LogP contribution in [-0.4, -0.2) is 0 Å². The molecule has 0 saturated carbocycles. The molecule has 0 aliphatic rings. The molecule has 1 heteroatoms. The van der Waals surface area contributed by atoms with Crippen LogP contribution in [0.4, 0.5) is 0 Å². The zero-order valence-corrected chi connectivity index (χ0v) is 8.88. The Morgan fingerprint density at radius 1 is 1.10 bits per heavy atom. The fraction of sp³-hybridized carbons (Fsp3) is 1.00. The van der Waals surface area contributed by atoms with Crippen LogP contribution in [0.15, 0.2) is 0 Å². The Kier molecular flexibility index (Phi) is 8.38. The molecule has 0 aromatic heterocycles. The molecule has 0 fully saturated rings. The summed E-state index contributed by atoms with van der Waals surface area (Å²) >= 11 is 2.31. The molecule has 0 bridgehead atoms. The van der Waals surface area contributed by atoms with Gasteiger partial charge in [-0.1, -0.05) is 0 Å². The van der Waals surface area contributed by atoms with Gasteiger partial charge in [0, 0.05) is 0 Å². The summed E-state index contributed by atoms with van der Waals surface area (Å²) < 4.78 is 0.904. The zero-order valence-electron chi connectivity index (χ0n) is 7.32. The van der Waals surface area contributed by atoms with Gasteiger partial charge in [0.2, 0.25) is 0 Å². The van der Waals surface area contributed by atoms with Gasteiger partial charge >= 0.3 is 77.0 Å². The van der Waals surface area contributed by atoms with Crippen LogP contribution in [0.3, 0.4) is 0 Å². The summed E-state index contributed by atoms with van der Waals surface area (Å²) in [5.74, 6) is 0. The third-order valence-electron chi connectivity index (χ3n) is 1.74. The average molecular weight is 175 g/mol. The van der Waals surface area contributed by atoms with Crippen LogP contribution in [-0.2, 0) is 20.4 Å². The molecule has 10 heavy (non-hydrogen) atoms. The van der Waals surface area contributed by atoms with Crippen molar-refractivity contribution < 1.29 is 20.4 Å². The van der Waals surface area contributed by atoms with Gasteiger partial charge in [-0.15, -0.1) is 0 Å². The van der Waals surface area contributed by atoms with E-state index in [1.54, 1.807) is 0 Å². The SMILES string of the molecule is CCCCCCC[CH](C)[Ti]. The van der Waals surface area contributed by atoms with Gasteiger partial charge in [-0.25, -0.2) is 0 Å². The summed E-state index contributed by atoms with van der Waals surface area (Å²) in [5.41, 5.74) is 0. The Labute approximate surface area is 77.2 Å². The fourth-order valence-electron chi connectivity index (χ4n) is 1.05. The molecule has 0 radical (unpaired) electrons. The molecule has 0 aliphatic heterocycles. The van der Waals surface area contributed by atoms with Crippen molar-refractivity contribution in [1.82, 2.24) is 0 Å². The van der Waals surface area contributed by atoms with Crippen molar-refractivity contribution in [2.75, 3.05) is 0 Å². The van der Waals surface area contributed by atoms with Gasteiger partial charge in [-0.05, 0) is 0 Å². The van der Waals surface area contributed by atoms with Gasteiger partial charge in [-0.2, -0.15) is 0 Å². The van der Waals surface area contributed by atoms with E-state index in [-0.39, 0.29) is 0 Å². The summed E-state index contributed by atoms with van der Waals surface area (Å²) in [5, 5.41) is 0. The van der Waals surface area contributed by atoms with Crippen LogP contribution < -0.4 is 0 Å². The van der Waals surface area contributed by atoms with Gasteiger partial charge < -0.3 is 0 Å². The van der Waals surface area contributed by atoms with Crippen LogP contribution in [0, 0.1) is 0 Å². The number of unbranched alkanes of at least 4 members (excludes halogenated alkanes) is 4. The van der Waals surface area contributed by atoms with Crippen LogP contribution in [0.25, 0.3) is 0 Å². The van der Waals surface area contributed by atoms with E-state index < -0.39 is 0 Å². The van der Waals surface area contributed by atoms with Crippen LogP contribution in [0.1, 0.15) is 52.4 Å². The molecule has 1 atom stereocenters. The molecular weight excluding hydrogens is 156 g/mol. The molecule has 1 unspecified atom stereocenters. The first-order valence-corrected chi connectivity index (χ1v) is 5.38. The average Bonchev–Trinajstić information content (AvgIpc) is 1.87. The van der Waals surface area contributed by atoms with Gasteiger partial charge in [0.25, 0.3) is 0 Å². The first-order valence-electron chi connectivity index (χ1n) is 4.48. The maximum absolute atomic E-state index is 2.31. The van der Waals surface area contributed by atoms with Crippen molar-refractivity contribution in [2.45, 2.75) is 56.6 Å². The van der Waals surface area contributed by atoms with E-state index in [2.05, 4.69) is 34.3 Å². The number of rotatable bonds is 6. The molecule has 0 saturated heterocycles. The van der Waals surface area contributed by atoms with Gasteiger partial charge in [-0.3, -0.25) is 0 Å². The quantitative estimate of drug-likeness (QED) is 0.426. The molecule has 0 aromatic rings. The van der Waals surface area contributed by atoms with Crippen molar-refractivity contribution in [1.29, 1.82) is 0 Å². The Hall–Kier alpha value is 0.714. The van der Waals surface area contributed by atoms with Crippen molar-refractivity contribution in [3.8, 4) is 0 Å². The fourth-order valence-corrected chi connectivity index (χ4v) is 1.37. The van der Waals surface area contributed by atoms with Crippen LogP contribution in [0.2, 0.25) is 4.22 Å². The zero-order chi connectivity index (χ0) is 7.82. The minimum absolute atomic E-state index is 0.904. The van der Waals surface area contributed by atoms with E-state index in [4.69, 9.17) is 0 Å². The molecule has 0 amide bonds. The third-order valence-corrected chi connectivity index (χ3v) is 2.19. The standard InChI is InChI=1S/C9H19.Ti/c1-3-5-7-9-8-6-4-2;/h3H,4-9H2,1-2H3;. The maximum atomic E-state index is 2.31. The monoisotopic (exact) mass is 175 g/mol. The van der Waals surface area contributed by atoms with Crippen molar-refractivity contribution >= 4 is 0 Å². The normalized spacial score (nSPS) is 13.3. The van der Waals surface area contributed by atoms with Gasteiger partial charge in [0.15, 0.2) is 0 Å². The Morgan fingerprint density at radius 2 is 1.70 bits per heavy atom. The Bertz CT molecular complexity index is 59.7. The predicted molar refractivity (Wildman–Crippen MR) is 42.8 cm³/mol. The molecule has 59 valence electrons. The molecule has 0 aromatic carbocycles. The summed E-state index contributed by atoms with van der Waals surface area (Å²) in [6.45, 7) is 4.57. The second kappa shape index (κ2) is 7.82. The first-order chi connectivity index (χ1) is 4.77. The summed E-state index contributed by atoms with van der Waals surface area (Å²) in [6.07, 6.45) is 8.55. The Balaban J connectivity index is 2.77. The molecule has 0 spiro atoms. The van der Waals surface area contributed by atoms with E-state index in [0.29, 0.717) is 0 Å². The number of hydrogen-bond acceptors (Lipinski definition) is 0. The minimum atomic E-state index is 0.904. The van der Waals surface area contributed by atoms with Crippen LogP contribution in [0.5, 0.6) is 0 Å². The molecular formula is C9H19Ti. The summed E-state index contributed by atoms with van der Waals surface area (Å²) in [4.78, 5) is 0. The summed E-state index contributed by atoms with van der Waals surface area (Å²) in [7, 11) is 0. The van der Waals surface area contributed by atoms with Gasteiger partial charge in [0.1, 0.15) is 0 Å². The molecule has 0 aliphatic carbocycles. The molecule has 0 nitrogen and oxygen atoms in total. The van der Waals surface area contributed by atoms with Crippen molar-refractivity contribution in [2.24, 2.45) is 0 Å². The van der Waals surface area contributed by atoms with Crippen LogP contribution >= 0.6 is 0 Å². The molecule has 0 rings (SSSR count). The van der Waals surface area contributed by atoms with Crippen molar-refractivity contribution in [3.63, 3.8) is 0 Å². The second-order valence-corrected chi connectivity index (χ2v) is 4.64.